The van der Waals surface area contributed by atoms with Crippen LogP contribution in [0.4, 0.5) is 0 Å². The number of imidazole rings is 1. The molecule has 4 fully saturated rings. The maximum atomic E-state index is 13.5. The number of nitrogens with one attached hydrogen (secondary N) is 2. The van der Waals surface area contributed by atoms with E-state index in [9.17, 15) is 4.79 Å². The quantitative estimate of drug-likeness (QED) is 0.672. The van der Waals surface area contributed by atoms with E-state index < -0.39 is 0 Å². The Hall–Kier alpha value is -2.96. The highest BCUT2D eigenvalue weighted by Gasteiger charge is 2.55. The third-order valence-electron chi connectivity index (χ3n) is 7.58. The number of fused-ring (bicyclic) bond motifs is 1. The van der Waals surface area contributed by atoms with Crippen molar-refractivity contribution in [1.82, 2.24) is 25.1 Å². The molecule has 4 aliphatic rings. The highest BCUT2D eigenvalue weighted by molar-refractivity contribution is 5.94. The van der Waals surface area contributed by atoms with Gasteiger partial charge < -0.3 is 20.1 Å². The van der Waals surface area contributed by atoms with E-state index in [0.717, 1.165) is 56.4 Å². The van der Waals surface area contributed by atoms with E-state index in [2.05, 4.69) is 55.4 Å². The number of H-pyrrole nitrogens is 1. The number of aromatic amines is 1. The molecule has 2 aromatic carbocycles. The zero-order chi connectivity index (χ0) is 21.7. The van der Waals surface area contributed by atoms with Gasteiger partial charge in [-0.1, -0.05) is 60.7 Å². The predicted molar refractivity (Wildman–Crippen MR) is 125 cm³/mol. The molecule has 32 heavy (non-hydrogen) atoms. The van der Waals surface area contributed by atoms with Gasteiger partial charge in [0, 0.05) is 67.9 Å². The molecule has 1 amide bonds. The Kier molecular flexibility index (Phi) is 4.66. The average Bonchev–Trinajstić information content (AvgIpc) is 3.04. The molecule has 6 heteroatoms. The molecular formula is C26H29N5O. The summed E-state index contributed by atoms with van der Waals surface area (Å²) in [6.07, 6.45) is 0. The Labute approximate surface area is 188 Å². The average molecular weight is 428 g/mol. The van der Waals surface area contributed by atoms with Gasteiger partial charge in [0.2, 0.25) is 0 Å². The Morgan fingerprint density at radius 3 is 2.28 bits per heavy atom. The number of piperidine rings is 2. The van der Waals surface area contributed by atoms with E-state index in [1.54, 1.807) is 0 Å². The Morgan fingerprint density at radius 1 is 1.00 bits per heavy atom. The standard InChI is InChI=1S/C26H29N5O/c1-18-22(28-24(27-18)19-8-4-2-5-9-19)25(32)29-23-20-14-30-12-13-31(15-20)17-26(23,16-30)21-10-6-3-7-11-21/h2-11,20,23H,12-17H2,1H3,(H,27,28)(H,29,32). The van der Waals surface area contributed by atoms with Gasteiger partial charge in [0.1, 0.15) is 11.5 Å². The lowest BCUT2D eigenvalue weighted by Crippen LogP contribution is -2.70. The molecule has 0 radical (unpaired) electrons. The summed E-state index contributed by atoms with van der Waals surface area (Å²) in [4.78, 5) is 26.7. The summed E-state index contributed by atoms with van der Waals surface area (Å²) >= 11 is 0. The first-order valence-electron chi connectivity index (χ1n) is 11.6. The minimum Gasteiger partial charge on any atom is -0.347 e. The van der Waals surface area contributed by atoms with Crippen LogP contribution in [0.25, 0.3) is 11.4 Å². The number of hydrogen-bond donors (Lipinski definition) is 2. The number of aryl methyl sites for hydroxylation is 1. The molecule has 4 bridgehead atoms. The number of rotatable bonds is 4. The fourth-order valence-corrected chi connectivity index (χ4v) is 6.19. The van der Waals surface area contributed by atoms with E-state index >= 15 is 0 Å². The fraction of sp³-hybridized carbons (Fsp3) is 0.385. The van der Waals surface area contributed by atoms with Gasteiger partial charge in [-0.15, -0.1) is 0 Å². The van der Waals surface area contributed by atoms with Crippen molar-refractivity contribution < 1.29 is 4.79 Å². The number of hydrogen-bond acceptors (Lipinski definition) is 4. The zero-order valence-corrected chi connectivity index (χ0v) is 18.4. The van der Waals surface area contributed by atoms with Crippen molar-refractivity contribution in [3.8, 4) is 11.4 Å². The second-order valence-electron chi connectivity index (χ2n) is 9.63. The van der Waals surface area contributed by atoms with Crippen molar-refractivity contribution in [2.24, 2.45) is 5.92 Å². The van der Waals surface area contributed by atoms with Gasteiger partial charge in [0.05, 0.1) is 0 Å². The van der Waals surface area contributed by atoms with Crippen LogP contribution in [0, 0.1) is 12.8 Å². The van der Waals surface area contributed by atoms with Crippen molar-refractivity contribution in [1.29, 1.82) is 0 Å². The molecule has 4 aliphatic heterocycles. The summed E-state index contributed by atoms with van der Waals surface area (Å²) in [6, 6.07) is 20.9. The van der Waals surface area contributed by atoms with E-state index in [0.29, 0.717) is 11.6 Å². The molecule has 2 N–H and O–H groups in total. The van der Waals surface area contributed by atoms with E-state index in [-0.39, 0.29) is 17.4 Å². The summed E-state index contributed by atoms with van der Waals surface area (Å²) in [5.41, 5.74) is 3.53. The number of carbonyl (C=O) groups is 1. The van der Waals surface area contributed by atoms with Crippen LogP contribution in [0.5, 0.6) is 0 Å². The first-order valence-corrected chi connectivity index (χ1v) is 11.6. The van der Waals surface area contributed by atoms with Gasteiger partial charge >= 0.3 is 0 Å². The van der Waals surface area contributed by atoms with Gasteiger partial charge in [-0.05, 0) is 12.5 Å². The van der Waals surface area contributed by atoms with Crippen molar-refractivity contribution in [2.75, 3.05) is 39.3 Å². The number of carbonyl (C=O) groups excluding carboxylic acids is 1. The molecule has 5 heterocycles. The molecule has 0 aliphatic carbocycles. The number of nitrogens with zero attached hydrogens (tertiary/aromatic N) is 3. The van der Waals surface area contributed by atoms with Crippen molar-refractivity contribution in [2.45, 2.75) is 18.4 Å². The summed E-state index contributed by atoms with van der Waals surface area (Å²) in [6.45, 7) is 8.24. The molecule has 0 saturated carbocycles. The maximum absolute atomic E-state index is 13.5. The fourth-order valence-electron chi connectivity index (χ4n) is 6.19. The summed E-state index contributed by atoms with van der Waals surface area (Å²) in [5.74, 6) is 1.08. The Bertz CT molecular complexity index is 1110. The molecular weight excluding hydrogens is 398 g/mol. The van der Waals surface area contributed by atoms with Crippen LogP contribution in [0.2, 0.25) is 0 Å². The minimum absolute atomic E-state index is 0.0719. The molecule has 1 aromatic heterocycles. The van der Waals surface area contributed by atoms with Crippen molar-refractivity contribution in [3.63, 3.8) is 0 Å². The molecule has 0 spiro atoms. The second kappa shape index (κ2) is 7.57. The lowest BCUT2D eigenvalue weighted by Gasteiger charge is -2.55. The molecule has 4 saturated heterocycles. The Balaban J connectivity index is 1.34. The summed E-state index contributed by atoms with van der Waals surface area (Å²) in [7, 11) is 0. The minimum atomic E-state index is -0.0962. The van der Waals surface area contributed by atoms with Crippen molar-refractivity contribution in [3.05, 3.63) is 77.6 Å². The van der Waals surface area contributed by atoms with Gasteiger partial charge in [0.15, 0.2) is 0 Å². The smallest absolute Gasteiger partial charge is 0.272 e. The van der Waals surface area contributed by atoms with E-state index in [4.69, 9.17) is 0 Å². The number of benzene rings is 2. The SMILES string of the molecule is Cc1[nH]c(-c2ccccc2)nc1C(=O)NC1C2CN3CCN(C2)CC1(c1ccccc1)C3. The van der Waals surface area contributed by atoms with Crippen LogP contribution < -0.4 is 5.32 Å². The van der Waals surface area contributed by atoms with Gasteiger partial charge in [-0.2, -0.15) is 0 Å². The van der Waals surface area contributed by atoms with Gasteiger partial charge in [-0.25, -0.2) is 4.98 Å². The first kappa shape index (κ1) is 19.7. The molecule has 7 rings (SSSR count). The third-order valence-corrected chi connectivity index (χ3v) is 7.58. The lowest BCUT2D eigenvalue weighted by atomic mass is 9.64. The van der Waals surface area contributed by atoms with Crippen LogP contribution >= 0.6 is 0 Å². The number of amides is 1. The van der Waals surface area contributed by atoms with Crippen LogP contribution in [0.15, 0.2) is 60.7 Å². The summed E-state index contributed by atoms with van der Waals surface area (Å²) in [5, 5.41) is 3.48. The molecule has 3 atom stereocenters. The van der Waals surface area contributed by atoms with Crippen LogP contribution in [-0.2, 0) is 5.41 Å². The molecule has 164 valence electrons. The van der Waals surface area contributed by atoms with Gasteiger partial charge in [0.25, 0.3) is 5.91 Å². The highest BCUT2D eigenvalue weighted by Crippen LogP contribution is 2.43. The number of aromatic nitrogens is 2. The summed E-state index contributed by atoms with van der Waals surface area (Å²) < 4.78 is 0. The maximum Gasteiger partial charge on any atom is 0.272 e. The normalized spacial score (nSPS) is 30.8. The Morgan fingerprint density at radius 2 is 1.62 bits per heavy atom. The topological polar surface area (TPSA) is 64.3 Å². The van der Waals surface area contributed by atoms with Gasteiger partial charge in [-0.3, -0.25) is 4.79 Å². The monoisotopic (exact) mass is 427 g/mol. The van der Waals surface area contributed by atoms with Crippen molar-refractivity contribution >= 4 is 5.91 Å². The van der Waals surface area contributed by atoms with Crippen LogP contribution in [-0.4, -0.2) is 71.0 Å². The van der Waals surface area contributed by atoms with Crippen LogP contribution in [0.1, 0.15) is 21.7 Å². The second-order valence-corrected chi connectivity index (χ2v) is 9.63. The molecule has 3 unspecified atom stereocenters. The zero-order valence-electron chi connectivity index (χ0n) is 18.4. The third kappa shape index (κ3) is 3.17. The predicted octanol–water partition coefficient (Wildman–Crippen LogP) is 2.68. The first-order chi connectivity index (χ1) is 15.6. The van der Waals surface area contributed by atoms with E-state index in [1.807, 2.05) is 37.3 Å². The largest absolute Gasteiger partial charge is 0.347 e. The lowest BCUT2D eigenvalue weighted by molar-refractivity contribution is 0.0179. The molecule has 6 nitrogen and oxygen atoms in total. The molecule has 3 aromatic rings. The van der Waals surface area contributed by atoms with Crippen LogP contribution in [0.3, 0.4) is 0 Å². The van der Waals surface area contributed by atoms with E-state index in [1.165, 1.54) is 5.56 Å². The highest BCUT2D eigenvalue weighted by atomic mass is 16.2.